The Morgan fingerprint density at radius 1 is 1.22 bits per heavy atom. The molecule has 1 aliphatic rings. The predicted molar refractivity (Wildman–Crippen MR) is 87.9 cm³/mol. The van der Waals surface area contributed by atoms with E-state index in [1.54, 1.807) is 36.3 Å². The molecule has 0 N–H and O–H groups in total. The van der Waals surface area contributed by atoms with Crippen molar-refractivity contribution < 1.29 is 13.9 Å². The van der Waals surface area contributed by atoms with E-state index in [-0.39, 0.29) is 11.5 Å². The summed E-state index contributed by atoms with van der Waals surface area (Å²) in [5.74, 6) is 1.29. The number of hydrogen-bond donors (Lipinski definition) is 0. The van der Waals surface area contributed by atoms with Crippen molar-refractivity contribution in [3.8, 4) is 5.75 Å². The standard InChI is InChI=1S/C18H21NO4/c1-11-6-12(2)10-19(9-11)17(20)15-8-13-7-14(22-3)4-5-16(13)23-18(15)21/h4-5,7-8,11-12H,6,9-10H2,1-3H3/t11-,12+. The lowest BCUT2D eigenvalue weighted by Gasteiger charge is -2.34. The maximum atomic E-state index is 12.7. The highest BCUT2D eigenvalue weighted by Gasteiger charge is 2.28. The molecule has 5 heteroatoms. The van der Waals surface area contributed by atoms with E-state index in [4.69, 9.17) is 9.15 Å². The fraction of sp³-hybridized carbons (Fsp3) is 0.444. The normalized spacial score (nSPS) is 21.4. The molecule has 2 aromatic rings. The summed E-state index contributed by atoms with van der Waals surface area (Å²) in [6.07, 6.45) is 1.10. The highest BCUT2D eigenvalue weighted by atomic mass is 16.5. The van der Waals surface area contributed by atoms with Gasteiger partial charge in [0.15, 0.2) is 0 Å². The minimum absolute atomic E-state index is 0.0899. The molecule has 122 valence electrons. The molecule has 0 unspecified atom stereocenters. The molecule has 2 atom stereocenters. The van der Waals surface area contributed by atoms with E-state index in [1.807, 2.05) is 0 Å². The number of piperidine rings is 1. The molecule has 0 radical (unpaired) electrons. The number of carbonyl (C=O) groups is 1. The summed E-state index contributed by atoms with van der Waals surface area (Å²) in [7, 11) is 1.57. The third-order valence-corrected chi connectivity index (χ3v) is 4.33. The molecule has 0 bridgehead atoms. The third kappa shape index (κ3) is 3.09. The van der Waals surface area contributed by atoms with Crippen LogP contribution in [0.25, 0.3) is 11.0 Å². The Morgan fingerprint density at radius 3 is 2.57 bits per heavy atom. The number of benzene rings is 1. The fourth-order valence-electron chi connectivity index (χ4n) is 3.38. The van der Waals surface area contributed by atoms with Gasteiger partial charge >= 0.3 is 5.63 Å². The van der Waals surface area contributed by atoms with E-state index in [9.17, 15) is 9.59 Å². The molecular weight excluding hydrogens is 294 g/mol. The number of nitrogens with zero attached hydrogens (tertiary/aromatic N) is 1. The van der Waals surface area contributed by atoms with Gasteiger partial charge in [-0.25, -0.2) is 4.79 Å². The monoisotopic (exact) mass is 315 g/mol. The summed E-state index contributed by atoms with van der Waals surface area (Å²) in [6, 6.07) is 6.77. The van der Waals surface area contributed by atoms with Gasteiger partial charge in [0, 0.05) is 18.5 Å². The van der Waals surface area contributed by atoms with Gasteiger partial charge < -0.3 is 14.1 Å². The van der Waals surface area contributed by atoms with Crippen molar-refractivity contribution in [3.63, 3.8) is 0 Å². The van der Waals surface area contributed by atoms with Crippen LogP contribution in [0.2, 0.25) is 0 Å². The van der Waals surface area contributed by atoms with Crippen LogP contribution in [0.3, 0.4) is 0 Å². The number of fused-ring (bicyclic) bond motifs is 1. The van der Waals surface area contributed by atoms with Gasteiger partial charge in [0.2, 0.25) is 0 Å². The lowest BCUT2D eigenvalue weighted by molar-refractivity contribution is 0.0619. The molecule has 1 aromatic carbocycles. The van der Waals surface area contributed by atoms with Gasteiger partial charge in [-0.3, -0.25) is 4.79 Å². The Hall–Kier alpha value is -2.30. The van der Waals surface area contributed by atoms with E-state index in [0.29, 0.717) is 41.6 Å². The first-order valence-corrected chi connectivity index (χ1v) is 7.89. The van der Waals surface area contributed by atoms with Crippen molar-refractivity contribution in [1.29, 1.82) is 0 Å². The second-order valence-electron chi connectivity index (χ2n) is 6.51. The summed E-state index contributed by atoms with van der Waals surface area (Å²) in [5.41, 5.74) is -0.0432. The number of rotatable bonds is 2. The summed E-state index contributed by atoms with van der Waals surface area (Å²) >= 11 is 0. The van der Waals surface area contributed by atoms with Crippen molar-refractivity contribution in [2.24, 2.45) is 11.8 Å². The molecule has 1 amide bonds. The van der Waals surface area contributed by atoms with Crippen LogP contribution in [0.5, 0.6) is 5.75 Å². The Labute approximate surface area is 134 Å². The lowest BCUT2D eigenvalue weighted by Crippen LogP contribution is -2.43. The molecule has 0 aliphatic carbocycles. The van der Waals surface area contributed by atoms with Crippen LogP contribution in [0.4, 0.5) is 0 Å². The Kier molecular flexibility index (Phi) is 4.11. The number of methoxy groups -OCH3 is 1. The molecule has 5 nitrogen and oxygen atoms in total. The van der Waals surface area contributed by atoms with Crippen LogP contribution in [0.1, 0.15) is 30.6 Å². The Morgan fingerprint density at radius 2 is 1.91 bits per heavy atom. The SMILES string of the molecule is COc1ccc2oc(=O)c(C(=O)N3C[C@H](C)C[C@H](C)C3)cc2c1. The lowest BCUT2D eigenvalue weighted by atomic mass is 9.91. The van der Waals surface area contributed by atoms with Crippen LogP contribution < -0.4 is 10.4 Å². The predicted octanol–water partition coefficient (Wildman–Crippen LogP) is 2.92. The third-order valence-electron chi connectivity index (χ3n) is 4.33. The van der Waals surface area contributed by atoms with Crippen LogP contribution in [0.15, 0.2) is 33.5 Å². The first kappa shape index (κ1) is 15.6. The molecule has 0 saturated carbocycles. The second-order valence-corrected chi connectivity index (χ2v) is 6.51. The van der Waals surface area contributed by atoms with Crippen molar-refractivity contribution in [2.75, 3.05) is 20.2 Å². The topological polar surface area (TPSA) is 59.8 Å². The van der Waals surface area contributed by atoms with Crippen molar-refractivity contribution >= 4 is 16.9 Å². The highest BCUT2D eigenvalue weighted by molar-refractivity contribution is 5.96. The van der Waals surface area contributed by atoms with Gasteiger partial charge in [0.1, 0.15) is 16.9 Å². The van der Waals surface area contributed by atoms with Crippen LogP contribution in [0, 0.1) is 11.8 Å². The molecule has 3 rings (SSSR count). The quantitative estimate of drug-likeness (QED) is 0.800. The van der Waals surface area contributed by atoms with Gasteiger partial charge in [-0.2, -0.15) is 0 Å². The maximum absolute atomic E-state index is 12.7. The zero-order valence-corrected chi connectivity index (χ0v) is 13.7. The molecule has 0 spiro atoms. The van der Waals surface area contributed by atoms with Gasteiger partial charge in [-0.1, -0.05) is 13.8 Å². The van der Waals surface area contributed by atoms with Gasteiger partial charge in [0.25, 0.3) is 5.91 Å². The maximum Gasteiger partial charge on any atom is 0.349 e. The van der Waals surface area contributed by atoms with E-state index in [1.165, 1.54) is 0 Å². The fourth-order valence-corrected chi connectivity index (χ4v) is 3.38. The largest absolute Gasteiger partial charge is 0.497 e. The number of ether oxygens (including phenoxy) is 1. The number of hydrogen-bond acceptors (Lipinski definition) is 4. The average molecular weight is 315 g/mol. The molecular formula is C18H21NO4. The first-order valence-electron chi connectivity index (χ1n) is 7.89. The summed E-state index contributed by atoms with van der Waals surface area (Å²) in [6.45, 7) is 5.62. The zero-order chi connectivity index (χ0) is 16.6. The number of likely N-dealkylation sites (tertiary alicyclic amines) is 1. The van der Waals surface area contributed by atoms with Gasteiger partial charge in [-0.15, -0.1) is 0 Å². The van der Waals surface area contributed by atoms with Gasteiger partial charge in [-0.05, 0) is 42.5 Å². The molecule has 1 fully saturated rings. The number of amides is 1. The van der Waals surface area contributed by atoms with Crippen LogP contribution >= 0.6 is 0 Å². The highest BCUT2D eigenvalue weighted by Crippen LogP contribution is 2.24. The van der Waals surface area contributed by atoms with Crippen LogP contribution in [-0.2, 0) is 0 Å². The minimum Gasteiger partial charge on any atom is -0.497 e. The average Bonchev–Trinajstić information content (AvgIpc) is 2.52. The minimum atomic E-state index is -0.585. The smallest absolute Gasteiger partial charge is 0.349 e. The first-order chi connectivity index (χ1) is 11.0. The van der Waals surface area contributed by atoms with Crippen LogP contribution in [-0.4, -0.2) is 31.0 Å². The van der Waals surface area contributed by atoms with E-state index < -0.39 is 5.63 Å². The number of carbonyl (C=O) groups excluding carboxylic acids is 1. The Bertz CT molecular complexity index is 785. The molecule has 1 aromatic heterocycles. The summed E-state index contributed by atoms with van der Waals surface area (Å²) in [4.78, 5) is 26.7. The van der Waals surface area contributed by atoms with E-state index in [0.717, 1.165) is 6.42 Å². The van der Waals surface area contributed by atoms with Crippen molar-refractivity contribution in [1.82, 2.24) is 4.90 Å². The molecule has 2 heterocycles. The molecule has 23 heavy (non-hydrogen) atoms. The summed E-state index contributed by atoms with van der Waals surface area (Å²) < 4.78 is 10.5. The molecule has 1 aliphatic heterocycles. The second kappa shape index (κ2) is 6.07. The molecule has 1 saturated heterocycles. The van der Waals surface area contributed by atoms with Crippen molar-refractivity contribution in [2.45, 2.75) is 20.3 Å². The van der Waals surface area contributed by atoms with Gasteiger partial charge in [0.05, 0.1) is 7.11 Å². The summed E-state index contributed by atoms with van der Waals surface area (Å²) in [5, 5.41) is 0.686. The van der Waals surface area contributed by atoms with E-state index >= 15 is 0 Å². The Balaban J connectivity index is 1.99. The van der Waals surface area contributed by atoms with Crippen molar-refractivity contribution in [3.05, 3.63) is 40.2 Å². The van der Waals surface area contributed by atoms with E-state index in [2.05, 4.69) is 13.8 Å². The zero-order valence-electron chi connectivity index (χ0n) is 13.7.